The minimum absolute atomic E-state index is 0.392. The minimum Gasteiger partial charge on any atom is -0.359 e. The topological polar surface area (TPSA) is 65.9 Å². The molecule has 0 aliphatic heterocycles. The van der Waals surface area contributed by atoms with Gasteiger partial charge in [0.2, 0.25) is 5.52 Å². The lowest BCUT2D eigenvalue weighted by atomic mass is 10.1. The van der Waals surface area contributed by atoms with Gasteiger partial charge in [-0.25, -0.2) is 4.98 Å². The summed E-state index contributed by atoms with van der Waals surface area (Å²) in [5, 5.41) is 14.7. The lowest BCUT2D eigenvalue weighted by molar-refractivity contribution is -0.782. The van der Waals surface area contributed by atoms with Crippen molar-refractivity contribution in [2.75, 3.05) is 0 Å². The van der Waals surface area contributed by atoms with Crippen LogP contribution in [0, 0.1) is 12.1 Å². The Morgan fingerprint density at radius 3 is 3.07 bits per heavy atom. The molecule has 2 heterocycles. The number of hydrogen-bond donors (Lipinski definition) is 0. The summed E-state index contributed by atoms with van der Waals surface area (Å²) in [5.41, 5.74) is 2.62. The van der Waals surface area contributed by atoms with E-state index in [-0.39, 0.29) is 0 Å². The summed E-state index contributed by atoms with van der Waals surface area (Å²) in [6.45, 7) is 3.94. The Labute approximate surface area is 80.9 Å². The van der Waals surface area contributed by atoms with Crippen molar-refractivity contribution >= 4 is 11.2 Å². The number of hydrogen-bond acceptors (Lipinski definition) is 4. The molecule has 0 aliphatic carbocycles. The van der Waals surface area contributed by atoms with Gasteiger partial charge in [-0.2, -0.15) is 0 Å². The van der Waals surface area contributed by atoms with Gasteiger partial charge in [0.05, 0.1) is 5.16 Å². The van der Waals surface area contributed by atoms with Crippen LogP contribution in [0.5, 0.6) is 0 Å². The molecular weight excluding hydrogens is 182 g/mol. The molecule has 0 aliphatic rings. The van der Waals surface area contributed by atoms with E-state index in [1.165, 1.54) is 0 Å². The third-order valence-electron chi connectivity index (χ3n) is 2.11. The fraction of sp³-hybridized carbons (Fsp3) is 0.444. The van der Waals surface area contributed by atoms with Crippen molar-refractivity contribution in [2.24, 2.45) is 0 Å². The van der Waals surface area contributed by atoms with Crippen molar-refractivity contribution in [1.82, 2.24) is 10.1 Å². The third kappa shape index (κ3) is 1.30. The Kier molecular flexibility index (Phi) is 2.07. The first kappa shape index (κ1) is 8.93. The van der Waals surface area contributed by atoms with Crippen LogP contribution < -0.4 is 4.90 Å². The second kappa shape index (κ2) is 3.25. The second-order valence-electron chi connectivity index (χ2n) is 3.28. The van der Waals surface area contributed by atoms with Gasteiger partial charge in [-0.15, -0.1) is 0 Å². The summed E-state index contributed by atoms with van der Waals surface area (Å²) in [6.07, 6.45) is 1.91. The van der Waals surface area contributed by atoms with Crippen molar-refractivity contribution in [2.45, 2.75) is 26.7 Å². The highest BCUT2D eigenvalue weighted by Gasteiger charge is 2.14. The Morgan fingerprint density at radius 1 is 1.57 bits per heavy atom. The van der Waals surface area contributed by atoms with E-state index >= 15 is 0 Å². The summed E-state index contributed by atoms with van der Waals surface area (Å²) in [5.74, 6) is 0. The van der Waals surface area contributed by atoms with E-state index in [0.717, 1.165) is 24.1 Å². The van der Waals surface area contributed by atoms with E-state index in [9.17, 15) is 5.21 Å². The first-order valence-corrected chi connectivity index (χ1v) is 4.58. The van der Waals surface area contributed by atoms with Gasteiger partial charge in [0, 0.05) is 11.3 Å². The van der Waals surface area contributed by atoms with Crippen LogP contribution >= 0.6 is 0 Å². The van der Waals surface area contributed by atoms with Crippen LogP contribution in [0.3, 0.4) is 0 Å². The predicted octanol–water partition coefficient (Wildman–Crippen LogP) is 1.12. The molecule has 0 aromatic carbocycles. The first-order chi connectivity index (χ1) is 6.72. The molecule has 2 aromatic rings. The van der Waals surface area contributed by atoms with E-state index in [1.807, 2.05) is 13.0 Å². The molecule has 5 nitrogen and oxygen atoms in total. The fourth-order valence-corrected chi connectivity index (χ4v) is 1.51. The van der Waals surface area contributed by atoms with Gasteiger partial charge < -0.3 is 5.21 Å². The van der Waals surface area contributed by atoms with E-state index in [0.29, 0.717) is 16.1 Å². The summed E-state index contributed by atoms with van der Waals surface area (Å²) in [6, 6.07) is 1.90. The van der Waals surface area contributed by atoms with Crippen molar-refractivity contribution in [3.63, 3.8) is 0 Å². The maximum absolute atomic E-state index is 11.1. The normalized spacial score (nSPS) is 11.0. The quantitative estimate of drug-likeness (QED) is 0.670. The number of aryl methyl sites for hydroxylation is 2. The summed E-state index contributed by atoms with van der Waals surface area (Å²) in [7, 11) is 0. The van der Waals surface area contributed by atoms with Gasteiger partial charge in [-0.3, -0.25) is 4.63 Å². The smallest absolute Gasteiger partial charge is 0.341 e. The number of nitrogens with zero attached hydrogens (tertiary/aromatic N) is 3. The predicted molar refractivity (Wildman–Crippen MR) is 49.5 cm³/mol. The molecule has 14 heavy (non-hydrogen) atoms. The van der Waals surface area contributed by atoms with Crippen LogP contribution in [0.25, 0.3) is 11.2 Å². The molecule has 2 aromatic heterocycles. The van der Waals surface area contributed by atoms with Crippen molar-refractivity contribution in [1.29, 1.82) is 0 Å². The van der Waals surface area contributed by atoms with Crippen LogP contribution in [-0.4, -0.2) is 10.1 Å². The summed E-state index contributed by atoms with van der Waals surface area (Å²) < 4.78 is 4.48. The Hall–Kier alpha value is -1.65. The largest absolute Gasteiger partial charge is 0.359 e. The van der Waals surface area contributed by atoms with Gasteiger partial charge >= 0.3 is 5.65 Å². The number of aromatic nitrogens is 3. The molecule has 0 atom stereocenters. The van der Waals surface area contributed by atoms with Gasteiger partial charge in [0.15, 0.2) is 0 Å². The van der Waals surface area contributed by atoms with Crippen LogP contribution in [0.1, 0.15) is 24.6 Å². The zero-order chi connectivity index (χ0) is 10.1. The third-order valence-corrected chi connectivity index (χ3v) is 2.11. The molecule has 0 amide bonds. The minimum atomic E-state index is 0.392. The van der Waals surface area contributed by atoms with E-state index in [2.05, 4.69) is 21.7 Å². The van der Waals surface area contributed by atoms with Crippen LogP contribution in [-0.2, 0) is 6.42 Å². The first-order valence-electron chi connectivity index (χ1n) is 4.58. The molecule has 5 heteroatoms. The molecule has 0 saturated carbocycles. The molecule has 0 radical (unpaired) electrons. The Morgan fingerprint density at radius 2 is 2.36 bits per heavy atom. The van der Waals surface area contributed by atoms with Crippen LogP contribution in [0.4, 0.5) is 0 Å². The lowest BCUT2D eigenvalue weighted by Crippen LogP contribution is -2.23. The number of fused-ring (bicyclic) bond motifs is 1. The molecule has 0 N–H and O–H groups in total. The van der Waals surface area contributed by atoms with Gasteiger partial charge in [0.25, 0.3) is 0 Å². The van der Waals surface area contributed by atoms with E-state index in [4.69, 9.17) is 0 Å². The maximum Gasteiger partial charge on any atom is 0.341 e. The van der Waals surface area contributed by atoms with Crippen molar-refractivity contribution < 1.29 is 9.53 Å². The number of pyridine rings is 1. The monoisotopic (exact) mass is 193 g/mol. The highest BCUT2D eigenvalue weighted by molar-refractivity contribution is 5.69. The van der Waals surface area contributed by atoms with E-state index in [1.54, 1.807) is 0 Å². The highest BCUT2D eigenvalue weighted by Crippen LogP contribution is 2.13. The Balaban J connectivity index is 2.62. The molecule has 0 unspecified atom stereocenters. The highest BCUT2D eigenvalue weighted by atomic mass is 16.8. The lowest BCUT2D eigenvalue weighted by Gasteiger charge is -1.97. The van der Waals surface area contributed by atoms with Gasteiger partial charge in [-0.1, -0.05) is 13.3 Å². The molecule has 2 rings (SSSR count). The zero-order valence-electron chi connectivity index (χ0n) is 8.15. The second-order valence-corrected chi connectivity index (χ2v) is 3.28. The number of rotatable bonds is 2. The van der Waals surface area contributed by atoms with Crippen molar-refractivity contribution in [3.8, 4) is 0 Å². The van der Waals surface area contributed by atoms with Gasteiger partial charge in [-0.05, 0) is 24.3 Å². The average Bonchev–Trinajstić information content (AvgIpc) is 2.48. The van der Waals surface area contributed by atoms with Crippen LogP contribution in [0.15, 0.2) is 10.7 Å². The summed E-state index contributed by atoms with van der Waals surface area (Å²) in [4.78, 5) is 4.62. The maximum atomic E-state index is 11.1. The average molecular weight is 193 g/mol. The van der Waals surface area contributed by atoms with E-state index < -0.39 is 0 Å². The Bertz CT molecular complexity index is 464. The molecule has 0 saturated heterocycles. The van der Waals surface area contributed by atoms with Gasteiger partial charge in [0.1, 0.15) is 0 Å². The fourth-order valence-electron chi connectivity index (χ4n) is 1.51. The van der Waals surface area contributed by atoms with Crippen molar-refractivity contribution in [3.05, 3.63) is 22.5 Å². The summed E-state index contributed by atoms with van der Waals surface area (Å²) >= 11 is 0. The molecule has 74 valence electrons. The van der Waals surface area contributed by atoms with Crippen LogP contribution in [0.2, 0.25) is 0 Å². The molecule has 0 fully saturated rings. The molecule has 0 bridgehead atoms. The standard InChI is InChI=1S/C9H11N3O2/c1-3-4-7-5-6(2)8-9(10-7)11-14-12(8)13/h5H,3-4H2,1-2H3. The molecule has 0 spiro atoms. The SMILES string of the molecule is CCCc1cc(C)c2c(no[n+]2[O-])n1. The zero-order valence-corrected chi connectivity index (χ0v) is 8.15. The molecular formula is C9H11N3O2.